The highest BCUT2D eigenvalue weighted by Gasteiger charge is 2.34. The normalized spacial score (nSPS) is 20.0. The monoisotopic (exact) mass is 288 g/mol. The average Bonchev–Trinajstić information content (AvgIpc) is 3.24. The highest BCUT2D eigenvalue weighted by Crippen LogP contribution is 2.44. The highest BCUT2D eigenvalue weighted by atomic mass is 16.4. The van der Waals surface area contributed by atoms with Gasteiger partial charge in [0.2, 0.25) is 0 Å². The van der Waals surface area contributed by atoms with Gasteiger partial charge in [-0.3, -0.25) is 9.69 Å². The molecule has 112 valence electrons. The Morgan fingerprint density at radius 3 is 2.43 bits per heavy atom. The number of likely N-dealkylation sites (N-methyl/N-ethyl adjacent to an activating group) is 1. The number of benzene rings is 1. The molecule has 1 saturated carbocycles. The van der Waals surface area contributed by atoms with E-state index in [1.54, 1.807) is 16.8 Å². The molecule has 0 aromatic heterocycles. The Kier molecular flexibility index (Phi) is 3.57. The zero-order valence-corrected chi connectivity index (χ0v) is 12.2. The number of nitrogens with zero attached hydrogens (tertiary/aromatic N) is 2. The van der Waals surface area contributed by atoms with Crippen molar-refractivity contribution in [3.05, 3.63) is 29.8 Å². The van der Waals surface area contributed by atoms with Crippen molar-refractivity contribution in [3.8, 4) is 0 Å². The van der Waals surface area contributed by atoms with Crippen LogP contribution >= 0.6 is 0 Å². The maximum Gasteiger partial charge on any atom is 0.324 e. The number of amides is 2. The Hall–Kier alpha value is -2.04. The Labute approximate surface area is 124 Å². The number of carboxylic acid groups (broad SMARTS) is 1. The first-order chi connectivity index (χ1) is 10.1. The molecule has 1 aromatic rings. The zero-order valence-electron chi connectivity index (χ0n) is 12.2. The lowest BCUT2D eigenvalue weighted by molar-refractivity contribution is -0.137. The second-order valence-electron chi connectivity index (χ2n) is 5.99. The van der Waals surface area contributed by atoms with Crippen molar-refractivity contribution in [2.75, 3.05) is 25.0 Å². The fourth-order valence-electron chi connectivity index (χ4n) is 3.03. The molecular formula is C16H20N2O3. The minimum atomic E-state index is -0.743. The lowest BCUT2D eigenvalue weighted by Crippen LogP contribution is -2.29. The highest BCUT2D eigenvalue weighted by molar-refractivity contribution is 5.93. The number of carboxylic acids is 1. The summed E-state index contributed by atoms with van der Waals surface area (Å²) in [5.41, 5.74) is 1.96. The number of aliphatic carboxylic acids is 1. The van der Waals surface area contributed by atoms with Crippen LogP contribution in [0.3, 0.4) is 0 Å². The zero-order chi connectivity index (χ0) is 15.0. The maximum absolute atomic E-state index is 12.0. The number of rotatable bonds is 5. The van der Waals surface area contributed by atoms with Gasteiger partial charge in [-0.25, -0.2) is 4.79 Å². The van der Waals surface area contributed by atoms with E-state index in [0.717, 1.165) is 30.6 Å². The first-order valence-corrected chi connectivity index (χ1v) is 7.40. The quantitative estimate of drug-likeness (QED) is 0.905. The lowest BCUT2D eigenvalue weighted by Gasteiger charge is -2.19. The number of carbonyl (C=O) groups excluding carboxylic acids is 1. The molecule has 1 aromatic carbocycles. The molecule has 2 amide bonds. The van der Waals surface area contributed by atoms with E-state index < -0.39 is 5.97 Å². The molecule has 1 atom stereocenters. The first kappa shape index (κ1) is 13.9. The summed E-state index contributed by atoms with van der Waals surface area (Å²) in [4.78, 5) is 26.4. The predicted octanol–water partition coefficient (Wildman–Crippen LogP) is 2.53. The van der Waals surface area contributed by atoms with Crippen molar-refractivity contribution in [2.24, 2.45) is 5.92 Å². The summed E-state index contributed by atoms with van der Waals surface area (Å²) in [7, 11) is 1.80. The van der Waals surface area contributed by atoms with Crippen molar-refractivity contribution in [1.29, 1.82) is 0 Å². The van der Waals surface area contributed by atoms with Crippen molar-refractivity contribution in [2.45, 2.75) is 25.2 Å². The fourth-order valence-corrected chi connectivity index (χ4v) is 3.03. The van der Waals surface area contributed by atoms with Crippen LogP contribution in [0.1, 0.15) is 30.7 Å². The van der Waals surface area contributed by atoms with Crippen LogP contribution in [0, 0.1) is 5.92 Å². The van der Waals surface area contributed by atoms with Crippen LogP contribution in [-0.2, 0) is 4.79 Å². The first-order valence-electron chi connectivity index (χ1n) is 7.40. The Morgan fingerprint density at radius 2 is 1.95 bits per heavy atom. The molecule has 21 heavy (non-hydrogen) atoms. The van der Waals surface area contributed by atoms with Gasteiger partial charge in [-0.1, -0.05) is 12.1 Å². The molecule has 0 spiro atoms. The molecule has 1 unspecified atom stereocenters. The third-order valence-electron chi connectivity index (χ3n) is 4.43. The smallest absolute Gasteiger partial charge is 0.324 e. The molecule has 5 nitrogen and oxygen atoms in total. The second kappa shape index (κ2) is 5.39. The van der Waals surface area contributed by atoms with Crippen LogP contribution in [0.5, 0.6) is 0 Å². The summed E-state index contributed by atoms with van der Waals surface area (Å²) in [6.07, 6.45) is 2.43. The topological polar surface area (TPSA) is 60.9 Å². The SMILES string of the molecule is CN1CCN(c2ccc(C(CC(=O)O)C3CC3)cc2)C1=O. The number of anilines is 1. The maximum atomic E-state index is 12.0. The van der Waals surface area contributed by atoms with Gasteiger partial charge in [0, 0.05) is 25.8 Å². The van der Waals surface area contributed by atoms with Crippen LogP contribution in [0.15, 0.2) is 24.3 Å². The van der Waals surface area contributed by atoms with Gasteiger partial charge in [-0.2, -0.15) is 0 Å². The van der Waals surface area contributed by atoms with Crippen molar-refractivity contribution >= 4 is 17.7 Å². The van der Waals surface area contributed by atoms with Crippen LogP contribution < -0.4 is 4.90 Å². The average molecular weight is 288 g/mol. The molecule has 3 rings (SSSR count). The summed E-state index contributed by atoms with van der Waals surface area (Å²) in [5.74, 6) is -0.132. The molecule has 2 fully saturated rings. The van der Waals surface area contributed by atoms with Gasteiger partial charge < -0.3 is 10.0 Å². The van der Waals surface area contributed by atoms with Crippen LogP contribution in [0.25, 0.3) is 0 Å². The molecule has 1 aliphatic carbocycles. The van der Waals surface area contributed by atoms with E-state index in [1.165, 1.54) is 0 Å². The molecule has 0 radical (unpaired) electrons. The summed E-state index contributed by atoms with van der Waals surface area (Å²) in [6.45, 7) is 1.44. The van der Waals surface area contributed by atoms with Gasteiger partial charge in [0.1, 0.15) is 0 Å². The Balaban J connectivity index is 1.77. The number of hydrogen-bond donors (Lipinski definition) is 1. The van der Waals surface area contributed by atoms with Crippen molar-refractivity contribution in [3.63, 3.8) is 0 Å². The standard InChI is InChI=1S/C16H20N2O3/c1-17-8-9-18(16(17)21)13-6-4-12(5-7-13)14(10-15(19)20)11-2-3-11/h4-7,11,14H,2-3,8-10H2,1H3,(H,19,20). The summed E-state index contributed by atoms with van der Waals surface area (Å²) < 4.78 is 0. The lowest BCUT2D eigenvalue weighted by atomic mass is 9.91. The fraction of sp³-hybridized carbons (Fsp3) is 0.500. The van der Waals surface area contributed by atoms with Gasteiger partial charge in [0.05, 0.1) is 6.42 Å². The Bertz CT molecular complexity index is 551. The minimum absolute atomic E-state index is 0.0204. The Morgan fingerprint density at radius 1 is 1.29 bits per heavy atom. The van der Waals surface area contributed by atoms with Crippen molar-refractivity contribution in [1.82, 2.24) is 4.90 Å². The van der Waals surface area contributed by atoms with E-state index in [4.69, 9.17) is 5.11 Å². The van der Waals surface area contributed by atoms with Gasteiger partial charge in [-0.05, 0) is 42.4 Å². The van der Waals surface area contributed by atoms with E-state index >= 15 is 0 Å². The summed E-state index contributed by atoms with van der Waals surface area (Å²) in [5, 5.41) is 9.05. The molecule has 0 bridgehead atoms. The summed E-state index contributed by atoms with van der Waals surface area (Å²) >= 11 is 0. The molecule has 1 heterocycles. The van der Waals surface area contributed by atoms with Crippen molar-refractivity contribution < 1.29 is 14.7 Å². The predicted molar refractivity (Wildman–Crippen MR) is 79.5 cm³/mol. The number of urea groups is 1. The van der Waals surface area contributed by atoms with Crippen LogP contribution in [0.2, 0.25) is 0 Å². The molecule has 2 aliphatic rings. The van der Waals surface area contributed by atoms with E-state index in [9.17, 15) is 9.59 Å². The molecule has 1 saturated heterocycles. The third kappa shape index (κ3) is 2.86. The summed E-state index contributed by atoms with van der Waals surface area (Å²) in [6, 6.07) is 7.85. The van der Waals surface area contributed by atoms with Gasteiger partial charge in [-0.15, -0.1) is 0 Å². The van der Waals surface area contributed by atoms with E-state index in [2.05, 4.69) is 0 Å². The van der Waals surface area contributed by atoms with Crippen LogP contribution in [-0.4, -0.2) is 42.1 Å². The van der Waals surface area contributed by atoms with E-state index in [0.29, 0.717) is 12.5 Å². The largest absolute Gasteiger partial charge is 0.481 e. The molecular weight excluding hydrogens is 268 g/mol. The van der Waals surface area contributed by atoms with E-state index in [-0.39, 0.29) is 18.4 Å². The van der Waals surface area contributed by atoms with Gasteiger partial charge in [0.25, 0.3) is 0 Å². The second-order valence-corrected chi connectivity index (χ2v) is 5.99. The van der Waals surface area contributed by atoms with Gasteiger partial charge in [0.15, 0.2) is 0 Å². The number of carbonyl (C=O) groups is 2. The molecule has 5 heteroatoms. The van der Waals surface area contributed by atoms with Crippen LogP contribution in [0.4, 0.5) is 10.5 Å². The molecule has 1 N–H and O–H groups in total. The third-order valence-corrected chi connectivity index (χ3v) is 4.43. The minimum Gasteiger partial charge on any atom is -0.481 e. The molecule has 1 aliphatic heterocycles. The van der Waals surface area contributed by atoms with E-state index in [1.807, 2.05) is 24.3 Å². The van der Waals surface area contributed by atoms with Gasteiger partial charge >= 0.3 is 12.0 Å². The number of hydrogen-bond acceptors (Lipinski definition) is 2.